The van der Waals surface area contributed by atoms with E-state index >= 15 is 0 Å². The molecule has 5 heteroatoms. The summed E-state index contributed by atoms with van der Waals surface area (Å²) in [6.07, 6.45) is 5.09. The third kappa shape index (κ3) is 2.67. The van der Waals surface area contributed by atoms with Gasteiger partial charge in [0.05, 0.1) is 31.1 Å². The fourth-order valence-corrected chi connectivity index (χ4v) is 2.50. The van der Waals surface area contributed by atoms with Gasteiger partial charge in [0.2, 0.25) is 0 Å². The Balaban J connectivity index is 2.16. The summed E-state index contributed by atoms with van der Waals surface area (Å²) in [7, 11) is 1.66. The van der Waals surface area contributed by atoms with E-state index in [0.29, 0.717) is 0 Å². The fraction of sp³-hybridized carbons (Fsp3) is 0.769. The molecule has 2 atom stereocenters. The highest BCUT2D eigenvalue weighted by Crippen LogP contribution is 2.30. The van der Waals surface area contributed by atoms with E-state index < -0.39 is 0 Å². The molecule has 0 saturated carbocycles. The maximum absolute atomic E-state index is 6.31. The van der Waals surface area contributed by atoms with Gasteiger partial charge in [-0.15, -0.1) is 0 Å². The van der Waals surface area contributed by atoms with Crippen LogP contribution < -0.4 is 10.5 Å². The quantitative estimate of drug-likeness (QED) is 0.872. The molecule has 102 valence electrons. The van der Waals surface area contributed by atoms with Gasteiger partial charge in [-0.25, -0.2) is 0 Å². The van der Waals surface area contributed by atoms with Crippen molar-refractivity contribution in [1.82, 2.24) is 9.78 Å². The minimum Gasteiger partial charge on any atom is -0.493 e. The van der Waals surface area contributed by atoms with Gasteiger partial charge in [0.25, 0.3) is 0 Å². The molecule has 1 saturated heterocycles. The first-order chi connectivity index (χ1) is 8.63. The molecule has 1 aliphatic rings. The van der Waals surface area contributed by atoms with Crippen LogP contribution in [0.1, 0.15) is 50.9 Å². The summed E-state index contributed by atoms with van der Waals surface area (Å²) in [6.45, 7) is 5.04. The lowest BCUT2D eigenvalue weighted by Gasteiger charge is -2.20. The predicted octanol–water partition coefficient (Wildman–Crippen LogP) is 2.04. The lowest BCUT2D eigenvalue weighted by Crippen LogP contribution is -2.23. The van der Waals surface area contributed by atoms with E-state index in [4.69, 9.17) is 15.2 Å². The highest BCUT2D eigenvalue weighted by molar-refractivity contribution is 5.28. The van der Waals surface area contributed by atoms with Crippen molar-refractivity contribution < 1.29 is 9.47 Å². The normalized spacial score (nSPS) is 21.5. The van der Waals surface area contributed by atoms with Gasteiger partial charge in [-0.2, -0.15) is 5.10 Å². The summed E-state index contributed by atoms with van der Waals surface area (Å²) < 4.78 is 12.9. The van der Waals surface area contributed by atoms with Gasteiger partial charge in [0, 0.05) is 12.6 Å². The number of ether oxygens (including phenoxy) is 2. The molecule has 2 heterocycles. The first-order valence-corrected chi connectivity index (χ1v) is 6.62. The number of rotatable bonds is 5. The largest absolute Gasteiger partial charge is 0.493 e. The van der Waals surface area contributed by atoms with Gasteiger partial charge in [-0.05, 0) is 33.1 Å². The van der Waals surface area contributed by atoms with E-state index in [2.05, 4.69) is 18.9 Å². The molecule has 0 spiro atoms. The van der Waals surface area contributed by atoms with Gasteiger partial charge >= 0.3 is 0 Å². The summed E-state index contributed by atoms with van der Waals surface area (Å²) in [6, 6.07) is 0.187. The van der Waals surface area contributed by atoms with Crippen LogP contribution in [0.25, 0.3) is 0 Å². The second-order valence-corrected chi connectivity index (χ2v) is 5.11. The van der Waals surface area contributed by atoms with Gasteiger partial charge in [-0.1, -0.05) is 0 Å². The second-order valence-electron chi connectivity index (χ2n) is 5.11. The lowest BCUT2D eigenvalue weighted by molar-refractivity contribution is 0.0972. The van der Waals surface area contributed by atoms with E-state index in [1.54, 1.807) is 13.3 Å². The van der Waals surface area contributed by atoms with Gasteiger partial charge in [0.15, 0.2) is 5.75 Å². The molecular formula is C13H23N3O2. The van der Waals surface area contributed by atoms with Crippen LogP contribution in [0.2, 0.25) is 0 Å². The van der Waals surface area contributed by atoms with E-state index in [1.807, 2.05) is 4.68 Å². The lowest BCUT2D eigenvalue weighted by atomic mass is 10.0. The molecule has 0 aliphatic carbocycles. The van der Waals surface area contributed by atoms with Crippen LogP contribution in [0.5, 0.6) is 5.75 Å². The Morgan fingerprint density at radius 2 is 2.39 bits per heavy atom. The summed E-state index contributed by atoms with van der Waals surface area (Å²) >= 11 is 0. The van der Waals surface area contributed by atoms with Crippen LogP contribution in [-0.4, -0.2) is 29.6 Å². The van der Waals surface area contributed by atoms with Crippen LogP contribution >= 0.6 is 0 Å². The molecule has 5 nitrogen and oxygen atoms in total. The molecule has 0 amide bonds. The number of hydrogen-bond donors (Lipinski definition) is 1. The Bertz CT molecular complexity index is 384. The van der Waals surface area contributed by atoms with Gasteiger partial charge < -0.3 is 15.2 Å². The minimum absolute atomic E-state index is 0.0899. The Labute approximate surface area is 108 Å². The molecule has 1 fully saturated rings. The standard InChI is InChI=1S/C13H23N3O2/c1-9(2)16-13(12(17-3)8-15-16)11(14)7-10-5-4-6-18-10/h8-11H,4-7,14H2,1-3H3. The van der Waals surface area contributed by atoms with Crippen molar-refractivity contribution in [2.45, 2.75) is 51.3 Å². The Kier molecular flexibility index (Phi) is 4.24. The molecule has 0 bridgehead atoms. The van der Waals surface area contributed by atoms with E-state index in [-0.39, 0.29) is 18.2 Å². The zero-order valence-electron chi connectivity index (χ0n) is 11.4. The summed E-state index contributed by atoms with van der Waals surface area (Å²) in [4.78, 5) is 0. The van der Waals surface area contributed by atoms with E-state index in [9.17, 15) is 0 Å². The van der Waals surface area contributed by atoms with Crippen LogP contribution in [0.15, 0.2) is 6.20 Å². The van der Waals surface area contributed by atoms with Crippen molar-refractivity contribution in [3.63, 3.8) is 0 Å². The minimum atomic E-state index is -0.0899. The summed E-state index contributed by atoms with van der Waals surface area (Å²) in [5.41, 5.74) is 7.29. The van der Waals surface area contributed by atoms with Crippen LogP contribution in [0.3, 0.4) is 0 Å². The molecule has 2 rings (SSSR count). The monoisotopic (exact) mass is 253 g/mol. The number of nitrogens with zero attached hydrogens (tertiary/aromatic N) is 2. The molecule has 18 heavy (non-hydrogen) atoms. The molecule has 1 aromatic heterocycles. The zero-order valence-corrected chi connectivity index (χ0v) is 11.4. The first kappa shape index (κ1) is 13.4. The molecule has 0 aromatic carbocycles. The Morgan fingerprint density at radius 3 is 2.94 bits per heavy atom. The van der Waals surface area contributed by atoms with Crippen LogP contribution in [-0.2, 0) is 4.74 Å². The molecular weight excluding hydrogens is 230 g/mol. The first-order valence-electron chi connectivity index (χ1n) is 6.62. The Morgan fingerprint density at radius 1 is 1.61 bits per heavy atom. The van der Waals surface area contributed by atoms with Crippen molar-refractivity contribution in [3.05, 3.63) is 11.9 Å². The zero-order chi connectivity index (χ0) is 13.1. The van der Waals surface area contributed by atoms with Crippen LogP contribution in [0, 0.1) is 0 Å². The summed E-state index contributed by atoms with van der Waals surface area (Å²) in [5, 5.41) is 4.35. The SMILES string of the molecule is COc1cnn(C(C)C)c1C(N)CC1CCCO1. The number of hydrogen-bond acceptors (Lipinski definition) is 4. The number of nitrogens with two attached hydrogens (primary N) is 1. The van der Waals surface area contributed by atoms with Crippen molar-refractivity contribution in [2.75, 3.05) is 13.7 Å². The van der Waals surface area contributed by atoms with E-state index in [0.717, 1.165) is 37.3 Å². The Hall–Kier alpha value is -1.07. The smallest absolute Gasteiger partial charge is 0.161 e. The second kappa shape index (κ2) is 5.71. The molecule has 1 aliphatic heterocycles. The van der Waals surface area contributed by atoms with Gasteiger partial charge in [-0.3, -0.25) is 4.68 Å². The topological polar surface area (TPSA) is 62.3 Å². The highest BCUT2D eigenvalue weighted by Gasteiger charge is 2.25. The van der Waals surface area contributed by atoms with Crippen molar-refractivity contribution in [3.8, 4) is 5.75 Å². The third-order valence-electron chi connectivity index (χ3n) is 3.40. The van der Waals surface area contributed by atoms with Crippen LogP contribution in [0.4, 0.5) is 0 Å². The van der Waals surface area contributed by atoms with Crippen molar-refractivity contribution in [2.24, 2.45) is 5.73 Å². The number of methoxy groups -OCH3 is 1. The average molecular weight is 253 g/mol. The fourth-order valence-electron chi connectivity index (χ4n) is 2.50. The van der Waals surface area contributed by atoms with Gasteiger partial charge in [0.1, 0.15) is 0 Å². The molecule has 0 radical (unpaired) electrons. The summed E-state index contributed by atoms with van der Waals surface area (Å²) in [5.74, 6) is 0.772. The van der Waals surface area contributed by atoms with E-state index in [1.165, 1.54) is 0 Å². The third-order valence-corrected chi connectivity index (χ3v) is 3.40. The average Bonchev–Trinajstić information content (AvgIpc) is 2.95. The molecule has 2 N–H and O–H groups in total. The maximum atomic E-state index is 6.31. The molecule has 2 unspecified atom stereocenters. The number of aromatic nitrogens is 2. The highest BCUT2D eigenvalue weighted by atomic mass is 16.5. The van der Waals surface area contributed by atoms with Crippen molar-refractivity contribution in [1.29, 1.82) is 0 Å². The maximum Gasteiger partial charge on any atom is 0.161 e. The predicted molar refractivity (Wildman–Crippen MR) is 69.7 cm³/mol. The molecule has 1 aromatic rings. The van der Waals surface area contributed by atoms with Crippen molar-refractivity contribution >= 4 is 0 Å².